The first-order valence-corrected chi connectivity index (χ1v) is 8.98. The Bertz CT molecular complexity index is 948. The molecular formula is C21H23N3O3. The number of carbonyl (C=O) groups is 2. The number of oxazole rings is 1. The number of nitrogens with zero attached hydrogens (tertiary/aromatic N) is 1. The Labute approximate surface area is 158 Å². The molecule has 0 aliphatic heterocycles. The van der Waals surface area contributed by atoms with Crippen LogP contribution in [0, 0.1) is 0 Å². The van der Waals surface area contributed by atoms with Crippen molar-refractivity contribution in [3.8, 4) is 0 Å². The molecule has 0 fully saturated rings. The molecule has 0 aliphatic rings. The van der Waals surface area contributed by atoms with Gasteiger partial charge in [-0.25, -0.2) is 4.98 Å². The highest BCUT2D eigenvalue weighted by atomic mass is 16.3. The van der Waals surface area contributed by atoms with E-state index in [1.54, 1.807) is 49.4 Å². The molecule has 2 aromatic carbocycles. The van der Waals surface area contributed by atoms with E-state index in [2.05, 4.69) is 15.6 Å². The van der Waals surface area contributed by atoms with E-state index >= 15 is 0 Å². The summed E-state index contributed by atoms with van der Waals surface area (Å²) in [7, 11) is 0. The molecule has 1 atom stereocenters. The van der Waals surface area contributed by atoms with Crippen molar-refractivity contribution < 1.29 is 14.0 Å². The molecule has 140 valence electrons. The highest BCUT2D eigenvalue weighted by molar-refractivity contribution is 5.96. The molecule has 0 aliphatic carbocycles. The van der Waals surface area contributed by atoms with Gasteiger partial charge in [-0.3, -0.25) is 9.59 Å². The first-order chi connectivity index (χ1) is 12.9. The van der Waals surface area contributed by atoms with Gasteiger partial charge < -0.3 is 15.1 Å². The van der Waals surface area contributed by atoms with Crippen LogP contribution in [0.2, 0.25) is 0 Å². The fourth-order valence-electron chi connectivity index (χ4n) is 2.71. The number of fused-ring (bicyclic) bond motifs is 1. The Kier molecular flexibility index (Phi) is 5.54. The number of hydrogen-bond acceptors (Lipinski definition) is 4. The van der Waals surface area contributed by atoms with E-state index in [9.17, 15) is 9.59 Å². The van der Waals surface area contributed by atoms with E-state index in [4.69, 9.17) is 4.42 Å². The summed E-state index contributed by atoms with van der Waals surface area (Å²) in [5.74, 6) is 0.499. The molecule has 6 heteroatoms. The molecule has 3 rings (SSSR count). The lowest BCUT2D eigenvalue weighted by atomic mass is 10.1. The second-order valence-corrected chi connectivity index (χ2v) is 6.88. The van der Waals surface area contributed by atoms with Crippen LogP contribution in [-0.2, 0) is 4.79 Å². The van der Waals surface area contributed by atoms with E-state index < -0.39 is 0 Å². The van der Waals surface area contributed by atoms with Crippen molar-refractivity contribution in [3.63, 3.8) is 0 Å². The zero-order valence-corrected chi connectivity index (χ0v) is 15.7. The van der Waals surface area contributed by atoms with Crippen molar-refractivity contribution in [2.45, 2.75) is 39.2 Å². The highest BCUT2D eigenvalue weighted by Crippen LogP contribution is 2.23. The highest BCUT2D eigenvalue weighted by Gasteiger charge is 2.14. The summed E-state index contributed by atoms with van der Waals surface area (Å²) in [5, 5.41) is 5.68. The summed E-state index contributed by atoms with van der Waals surface area (Å²) in [5.41, 5.74) is 2.63. The molecule has 0 bridgehead atoms. The van der Waals surface area contributed by atoms with Crippen LogP contribution in [0.25, 0.3) is 11.1 Å². The van der Waals surface area contributed by atoms with Gasteiger partial charge in [-0.2, -0.15) is 0 Å². The summed E-state index contributed by atoms with van der Waals surface area (Å²) in [4.78, 5) is 28.9. The second-order valence-electron chi connectivity index (χ2n) is 6.88. The van der Waals surface area contributed by atoms with Gasteiger partial charge >= 0.3 is 0 Å². The lowest BCUT2D eigenvalue weighted by molar-refractivity contribution is -0.116. The van der Waals surface area contributed by atoms with Gasteiger partial charge in [0.05, 0.1) is 0 Å². The Hall–Kier alpha value is -3.15. The second kappa shape index (κ2) is 8.03. The largest absolute Gasteiger partial charge is 0.440 e. The molecule has 1 unspecified atom stereocenters. The topological polar surface area (TPSA) is 84.2 Å². The maximum atomic E-state index is 12.3. The average molecular weight is 365 g/mol. The smallest absolute Gasteiger partial charge is 0.251 e. The van der Waals surface area contributed by atoms with Crippen LogP contribution in [0.1, 0.15) is 49.4 Å². The quantitative estimate of drug-likeness (QED) is 0.689. The van der Waals surface area contributed by atoms with Crippen LogP contribution in [0.4, 0.5) is 5.69 Å². The van der Waals surface area contributed by atoms with E-state index in [1.165, 1.54) is 0 Å². The Morgan fingerprint density at radius 2 is 1.81 bits per heavy atom. The van der Waals surface area contributed by atoms with E-state index in [0.29, 0.717) is 28.2 Å². The van der Waals surface area contributed by atoms with Crippen molar-refractivity contribution in [2.24, 2.45) is 0 Å². The lowest BCUT2D eigenvalue weighted by Gasteiger charge is -2.14. The molecule has 6 nitrogen and oxygen atoms in total. The van der Waals surface area contributed by atoms with E-state index in [0.717, 1.165) is 0 Å². The van der Waals surface area contributed by atoms with Crippen LogP contribution in [-0.4, -0.2) is 22.8 Å². The first-order valence-electron chi connectivity index (χ1n) is 8.98. The third-order valence-corrected chi connectivity index (χ3v) is 4.09. The van der Waals surface area contributed by atoms with Crippen molar-refractivity contribution in [2.75, 3.05) is 5.32 Å². The van der Waals surface area contributed by atoms with Gasteiger partial charge in [0.25, 0.3) is 5.91 Å². The predicted octanol–water partition coefficient (Wildman–Crippen LogP) is 4.10. The molecule has 0 saturated heterocycles. The van der Waals surface area contributed by atoms with Crippen molar-refractivity contribution in [1.82, 2.24) is 10.3 Å². The number of aromatic nitrogens is 1. The molecule has 27 heavy (non-hydrogen) atoms. The molecule has 1 heterocycles. The number of anilines is 1. The number of carbonyl (C=O) groups excluding carboxylic acids is 2. The van der Waals surface area contributed by atoms with Crippen molar-refractivity contribution in [1.29, 1.82) is 0 Å². The fraction of sp³-hybridized carbons (Fsp3) is 0.286. The van der Waals surface area contributed by atoms with Crippen LogP contribution in [0.3, 0.4) is 0 Å². The zero-order chi connectivity index (χ0) is 19.4. The molecular weight excluding hydrogens is 342 g/mol. The fourth-order valence-corrected chi connectivity index (χ4v) is 2.71. The van der Waals surface area contributed by atoms with Gasteiger partial charge in [0.15, 0.2) is 11.5 Å². The number of hydrogen-bond donors (Lipinski definition) is 2. The van der Waals surface area contributed by atoms with Crippen LogP contribution >= 0.6 is 0 Å². The maximum Gasteiger partial charge on any atom is 0.251 e. The number of amides is 2. The number of nitrogens with one attached hydrogen (secondary N) is 2. The normalized spacial score (nSPS) is 12.1. The van der Waals surface area contributed by atoms with Crippen LogP contribution in [0.15, 0.2) is 52.9 Å². The third-order valence-electron chi connectivity index (χ3n) is 4.09. The molecule has 0 radical (unpaired) electrons. The Morgan fingerprint density at radius 3 is 2.52 bits per heavy atom. The Balaban J connectivity index is 1.58. The van der Waals surface area contributed by atoms with Gasteiger partial charge in [0, 0.05) is 29.6 Å². The van der Waals surface area contributed by atoms with Gasteiger partial charge in [-0.15, -0.1) is 0 Å². The molecule has 3 aromatic rings. The summed E-state index contributed by atoms with van der Waals surface area (Å²) >= 11 is 0. The zero-order valence-electron chi connectivity index (χ0n) is 15.7. The maximum absolute atomic E-state index is 12.3. The summed E-state index contributed by atoms with van der Waals surface area (Å²) in [6, 6.07) is 14.0. The minimum atomic E-state index is -0.291. The SMILES string of the molecule is CC(CC(=O)Nc1ccc2oc(C(C)C)nc2c1)NC(=O)c1ccccc1. The minimum absolute atomic E-state index is 0.173. The van der Waals surface area contributed by atoms with E-state index in [-0.39, 0.29) is 30.2 Å². The van der Waals surface area contributed by atoms with Gasteiger partial charge in [-0.1, -0.05) is 32.0 Å². The van der Waals surface area contributed by atoms with Crippen molar-refractivity contribution >= 4 is 28.6 Å². The van der Waals surface area contributed by atoms with Crippen LogP contribution < -0.4 is 10.6 Å². The molecule has 2 amide bonds. The summed E-state index contributed by atoms with van der Waals surface area (Å²) in [6.07, 6.45) is 0.173. The molecule has 0 saturated carbocycles. The average Bonchev–Trinajstić information content (AvgIpc) is 3.06. The van der Waals surface area contributed by atoms with Gasteiger partial charge in [0.1, 0.15) is 5.52 Å². The summed E-state index contributed by atoms with van der Waals surface area (Å²) in [6.45, 7) is 5.83. The van der Waals surface area contributed by atoms with Crippen molar-refractivity contribution in [3.05, 3.63) is 60.0 Å². The lowest BCUT2D eigenvalue weighted by Crippen LogP contribution is -2.35. The molecule has 0 spiro atoms. The number of rotatable bonds is 6. The van der Waals surface area contributed by atoms with Gasteiger partial charge in [-0.05, 0) is 37.3 Å². The summed E-state index contributed by atoms with van der Waals surface area (Å²) < 4.78 is 5.67. The molecule has 1 aromatic heterocycles. The molecule has 2 N–H and O–H groups in total. The Morgan fingerprint density at radius 1 is 1.07 bits per heavy atom. The standard InChI is InChI=1S/C21H23N3O3/c1-13(2)21-24-17-12-16(9-10-18(17)27-21)23-19(25)11-14(3)22-20(26)15-7-5-4-6-8-15/h4-10,12-14H,11H2,1-3H3,(H,22,26)(H,23,25). The van der Waals surface area contributed by atoms with Gasteiger partial charge in [0.2, 0.25) is 5.91 Å². The van der Waals surface area contributed by atoms with E-state index in [1.807, 2.05) is 19.9 Å². The third kappa shape index (κ3) is 4.73. The predicted molar refractivity (Wildman–Crippen MR) is 105 cm³/mol. The van der Waals surface area contributed by atoms with Crippen LogP contribution in [0.5, 0.6) is 0 Å². The minimum Gasteiger partial charge on any atom is -0.440 e. The number of benzene rings is 2. The first kappa shape index (κ1) is 18.6. The monoisotopic (exact) mass is 365 g/mol.